The maximum Gasteiger partial charge on any atom is 0.0490 e. The number of unbranched alkanes of at least 4 members (excludes halogenated alkanes) is 2. The summed E-state index contributed by atoms with van der Waals surface area (Å²) < 4.78 is 5.30. The number of hydrogen-bond donors (Lipinski definition) is 0. The van der Waals surface area contributed by atoms with E-state index in [4.69, 9.17) is 4.74 Å². The maximum absolute atomic E-state index is 5.30. The summed E-state index contributed by atoms with van der Waals surface area (Å²) in [4.78, 5) is 2.63. The van der Waals surface area contributed by atoms with Crippen LogP contribution in [-0.2, 0) is 4.74 Å². The van der Waals surface area contributed by atoms with Gasteiger partial charge in [-0.05, 0) is 31.7 Å². The Morgan fingerprint density at radius 1 is 1.11 bits per heavy atom. The first-order valence-electron chi connectivity index (χ1n) is 7.65. The van der Waals surface area contributed by atoms with Crippen LogP contribution < -0.4 is 0 Å². The number of rotatable bonds is 10. The van der Waals surface area contributed by atoms with Crippen LogP contribution in [-0.4, -0.2) is 49.8 Å². The van der Waals surface area contributed by atoms with E-state index in [2.05, 4.69) is 23.6 Å². The summed E-state index contributed by atoms with van der Waals surface area (Å²) >= 11 is 2.10. The molecule has 3 heteroatoms. The van der Waals surface area contributed by atoms with Gasteiger partial charge in [0.05, 0.1) is 0 Å². The van der Waals surface area contributed by atoms with Gasteiger partial charge in [-0.3, -0.25) is 0 Å². The fourth-order valence-corrected chi connectivity index (χ4v) is 3.70. The van der Waals surface area contributed by atoms with E-state index in [1.807, 2.05) is 7.11 Å². The zero-order chi connectivity index (χ0) is 13.1. The normalized spacial score (nSPS) is 19.0. The third kappa shape index (κ3) is 7.65. The van der Waals surface area contributed by atoms with E-state index in [1.165, 1.54) is 69.7 Å². The van der Waals surface area contributed by atoms with Gasteiger partial charge in [0, 0.05) is 38.3 Å². The summed E-state index contributed by atoms with van der Waals surface area (Å²) in [5.74, 6) is 3.48. The third-order valence-corrected chi connectivity index (χ3v) is 4.73. The van der Waals surface area contributed by atoms with Gasteiger partial charge in [-0.1, -0.05) is 26.2 Å². The molecule has 0 amide bonds. The average molecular weight is 273 g/mol. The standard InChI is InChI=1S/C15H31NOS/c1-3-7-15(14-17-2)8-5-4-6-9-16-10-12-18-13-11-16/h15H,3-14H2,1-2H3/t15-/m1/s1. The molecule has 1 aliphatic heterocycles. The van der Waals surface area contributed by atoms with Crippen molar-refractivity contribution in [2.45, 2.75) is 45.4 Å². The van der Waals surface area contributed by atoms with Crippen LogP contribution in [0.2, 0.25) is 0 Å². The number of hydrogen-bond acceptors (Lipinski definition) is 3. The van der Waals surface area contributed by atoms with Crippen LogP contribution in [0.4, 0.5) is 0 Å². The van der Waals surface area contributed by atoms with E-state index < -0.39 is 0 Å². The average Bonchev–Trinajstić information content (AvgIpc) is 2.40. The molecular weight excluding hydrogens is 242 g/mol. The molecule has 18 heavy (non-hydrogen) atoms. The predicted octanol–water partition coefficient (Wildman–Crippen LogP) is 3.66. The van der Waals surface area contributed by atoms with E-state index >= 15 is 0 Å². The molecule has 1 heterocycles. The Labute approximate surface area is 118 Å². The lowest BCUT2D eigenvalue weighted by Crippen LogP contribution is -2.33. The van der Waals surface area contributed by atoms with Crippen molar-refractivity contribution in [2.75, 3.05) is 44.9 Å². The minimum absolute atomic E-state index is 0.798. The Morgan fingerprint density at radius 3 is 2.56 bits per heavy atom. The fraction of sp³-hybridized carbons (Fsp3) is 1.00. The van der Waals surface area contributed by atoms with Gasteiger partial charge in [-0.15, -0.1) is 0 Å². The molecule has 1 saturated heterocycles. The van der Waals surface area contributed by atoms with Crippen molar-refractivity contribution >= 4 is 11.8 Å². The SMILES string of the molecule is CCC[C@H](CCCCCN1CCSCC1)COC. The Bertz CT molecular complexity index is 177. The molecule has 0 aromatic heterocycles. The quantitative estimate of drug-likeness (QED) is 0.564. The first-order valence-corrected chi connectivity index (χ1v) is 8.81. The van der Waals surface area contributed by atoms with Crippen molar-refractivity contribution in [1.82, 2.24) is 4.90 Å². The predicted molar refractivity (Wildman–Crippen MR) is 82.5 cm³/mol. The number of methoxy groups -OCH3 is 1. The zero-order valence-electron chi connectivity index (χ0n) is 12.3. The molecule has 0 saturated carbocycles. The Kier molecular flexibility index (Phi) is 10.1. The molecule has 0 aromatic carbocycles. The van der Waals surface area contributed by atoms with E-state index in [0.717, 1.165) is 12.5 Å². The van der Waals surface area contributed by atoms with E-state index in [-0.39, 0.29) is 0 Å². The van der Waals surface area contributed by atoms with Gasteiger partial charge in [0.2, 0.25) is 0 Å². The van der Waals surface area contributed by atoms with Crippen molar-refractivity contribution in [3.8, 4) is 0 Å². The van der Waals surface area contributed by atoms with E-state index in [9.17, 15) is 0 Å². The second-order valence-electron chi connectivity index (χ2n) is 5.41. The molecule has 0 radical (unpaired) electrons. The van der Waals surface area contributed by atoms with Crippen molar-refractivity contribution in [2.24, 2.45) is 5.92 Å². The van der Waals surface area contributed by atoms with Crippen molar-refractivity contribution in [3.63, 3.8) is 0 Å². The van der Waals surface area contributed by atoms with Crippen molar-refractivity contribution < 1.29 is 4.74 Å². The van der Waals surface area contributed by atoms with Gasteiger partial charge in [0.15, 0.2) is 0 Å². The highest BCUT2D eigenvalue weighted by Crippen LogP contribution is 2.16. The lowest BCUT2D eigenvalue weighted by molar-refractivity contribution is 0.141. The highest BCUT2D eigenvalue weighted by atomic mass is 32.2. The molecule has 108 valence electrons. The summed E-state index contributed by atoms with van der Waals surface area (Å²) in [5, 5.41) is 0. The Morgan fingerprint density at radius 2 is 1.89 bits per heavy atom. The van der Waals surface area contributed by atoms with Gasteiger partial charge in [-0.25, -0.2) is 0 Å². The molecule has 1 rings (SSSR count). The lowest BCUT2D eigenvalue weighted by Gasteiger charge is -2.26. The molecule has 1 atom stereocenters. The van der Waals surface area contributed by atoms with Gasteiger partial charge in [0.25, 0.3) is 0 Å². The summed E-state index contributed by atoms with van der Waals surface area (Å²) in [6, 6.07) is 0. The molecule has 0 N–H and O–H groups in total. The van der Waals surface area contributed by atoms with E-state index in [1.54, 1.807) is 0 Å². The lowest BCUT2D eigenvalue weighted by atomic mass is 9.97. The van der Waals surface area contributed by atoms with Crippen molar-refractivity contribution in [3.05, 3.63) is 0 Å². The molecule has 0 spiro atoms. The molecule has 2 nitrogen and oxygen atoms in total. The van der Waals surface area contributed by atoms with Gasteiger partial charge in [0.1, 0.15) is 0 Å². The first-order chi connectivity index (χ1) is 8.86. The minimum atomic E-state index is 0.798. The molecule has 1 fully saturated rings. The third-order valence-electron chi connectivity index (χ3n) is 3.79. The molecule has 0 aromatic rings. The molecular formula is C15H31NOS. The summed E-state index contributed by atoms with van der Waals surface area (Å²) in [5.41, 5.74) is 0. The van der Waals surface area contributed by atoms with Gasteiger partial charge < -0.3 is 9.64 Å². The second kappa shape index (κ2) is 11.1. The summed E-state index contributed by atoms with van der Waals surface area (Å²) in [6.45, 7) is 7.18. The van der Waals surface area contributed by atoms with Crippen LogP contribution in [0, 0.1) is 5.92 Å². The minimum Gasteiger partial charge on any atom is -0.384 e. The largest absolute Gasteiger partial charge is 0.384 e. The fourth-order valence-electron chi connectivity index (χ4n) is 2.72. The van der Waals surface area contributed by atoms with Gasteiger partial charge >= 0.3 is 0 Å². The Hall–Kier alpha value is 0.270. The van der Waals surface area contributed by atoms with Crippen molar-refractivity contribution in [1.29, 1.82) is 0 Å². The van der Waals surface area contributed by atoms with Crippen LogP contribution in [0.3, 0.4) is 0 Å². The number of ether oxygens (including phenoxy) is 1. The summed E-state index contributed by atoms with van der Waals surface area (Å²) in [6.07, 6.45) is 8.15. The molecule has 1 aliphatic rings. The summed E-state index contributed by atoms with van der Waals surface area (Å²) in [7, 11) is 1.83. The topological polar surface area (TPSA) is 12.5 Å². The molecule has 0 aliphatic carbocycles. The Balaban J connectivity index is 1.95. The second-order valence-corrected chi connectivity index (χ2v) is 6.64. The van der Waals surface area contributed by atoms with E-state index in [0.29, 0.717) is 0 Å². The van der Waals surface area contributed by atoms with Gasteiger partial charge in [-0.2, -0.15) is 11.8 Å². The maximum atomic E-state index is 5.30. The van der Waals surface area contributed by atoms with Crippen LogP contribution in [0.15, 0.2) is 0 Å². The first kappa shape index (κ1) is 16.3. The van der Waals surface area contributed by atoms with Crippen LogP contribution >= 0.6 is 11.8 Å². The molecule has 0 bridgehead atoms. The smallest absolute Gasteiger partial charge is 0.0490 e. The zero-order valence-corrected chi connectivity index (χ0v) is 13.1. The molecule has 0 unspecified atom stereocenters. The highest BCUT2D eigenvalue weighted by molar-refractivity contribution is 7.99. The number of nitrogens with zero attached hydrogens (tertiary/aromatic N) is 1. The van der Waals surface area contributed by atoms with Crippen LogP contribution in [0.5, 0.6) is 0 Å². The van der Waals surface area contributed by atoms with Crippen LogP contribution in [0.25, 0.3) is 0 Å². The highest BCUT2D eigenvalue weighted by Gasteiger charge is 2.10. The monoisotopic (exact) mass is 273 g/mol. The van der Waals surface area contributed by atoms with Crippen LogP contribution in [0.1, 0.15) is 45.4 Å². The number of thioether (sulfide) groups is 1.